The van der Waals surface area contributed by atoms with Crippen LogP contribution in [-0.4, -0.2) is 178 Å². The summed E-state index contributed by atoms with van der Waals surface area (Å²) in [6.45, 7) is 2.21. The van der Waals surface area contributed by atoms with Gasteiger partial charge in [0.25, 0.3) is 0 Å². The number of ether oxygens (including phenoxy) is 12. The maximum atomic E-state index is 12.9. The molecule has 3 aliphatic rings. The highest BCUT2D eigenvalue weighted by molar-refractivity contribution is 5.68. The Morgan fingerprint density at radius 1 is 0.556 bits per heavy atom. The minimum atomic E-state index is -1.99. The molecule has 392 valence electrons. The second-order valence-corrected chi connectivity index (χ2v) is 15.1. The summed E-state index contributed by atoms with van der Waals surface area (Å²) in [5.41, 5.74) is 56.7. The molecular weight excluding hydrogens is 976 g/mol. The number of hydrogen-bond donors (Lipinski definition) is 1. The average molecular weight is 1020 g/mol. The largest absolute Gasteiger partial charge is 0.462 e. The van der Waals surface area contributed by atoms with Crippen molar-refractivity contribution < 1.29 is 90.7 Å². The van der Waals surface area contributed by atoms with Gasteiger partial charge in [-0.15, -0.1) is 0 Å². The van der Waals surface area contributed by atoms with Crippen molar-refractivity contribution in [1.29, 1.82) is 0 Å². The molecule has 0 aromatic rings. The number of nitrogens with zero attached hydrogens (tertiary/aromatic N) is 18. The van der Waals surface area contributed by atoms with Crippen LogP contribution in [0.5, 0.6) is 0 Å². The number of aliphatic hydroxyl groups excluding tert-OH is 1. The molecule has 0 amide bonds. The number of carbonyl (C=O) groups excluding carboxylic acids is 6. The van der Waals surface area contributed by atoms with Crippen LogP contribution in [-0.2, 0) is 85.6 Å². The van der Waals surface area contributed by atoms with Gasteiger partial charge in [-0.25, -0.2) is 0 Å². The zero-order valence-electron chi connectivity index (χ0n) is 38.9. The van der Waals surface area contributed by atoms with Crippen molar-refractivity contribution in [1.82, 2.24) is 0 Å². The Kier molecular flexibility index (Phi) is 24.1. The third-order valence-corrected chi connectivity index (χ3v) is 10.1. The predicted molar refractivity (Wildman–Crippen MR) is 228 cm³/mol. The first-order valence-electron chi connectivity index (χ1n) is 21.0. The summed E-state index contributed by atoms with van der Waals surface area (Å²) in [5, 5.41) is 32.2. The fourth-order valence-corrected chi connectivity index (χ4v) is 7.60. The third-order valence-electron chi connectivity index (χ3n) is 10.1. The monoisotopic (exact) mass is 1020 g/mol. The van der Waals surface area contributed by atoms with Crippen LogP contribution in [0.2, 0.25) is 0 Å². The Morgan fingerprint density at radius 3 is 1.62 bits per heavy atom. The first kappa shape index (κ1) is 58.7. The second-order valence-electron chi connectivity index (χ2n) is 15.1. The summed E-state index contributed by atoms with van der Waals surface area (Å²) < 4.78 is 69.2. The molecule has 0 bridgehead atoms. The molecule has 2 heterocycles. The second kappa shape index (κ2) is 29.6. The molecule has 1 saturated carbocycles. The van der Waals surface area contributed by atoms with Gasteiger partial charge in [0, 0.05) is 71.0 Å². The zero-order chi connectivity index (χ0) is 53.5. The highest BCUT2D eigenvalue weighted by Crippen LogP contribution is 2.39. The van der Waals surface area contributed by atoms with Crippen LogP contribution in [0.15, 0.2) is 30.7 Å². The fraction of sp³-hybridized carbons (Fsp3) is 0.829. The molecule has 0 aromatic carbocycles. The van der Waals surface area contributed by atoms with Crippen molar-refractivity contribution >= 4 is 35.8 Å². The van der Waals surface area contributed by atoms with Gasteiger partial charge < -0.3 is 61.9 Å². The molecular formula is C35H48N18O19. The van der Waals surface area contributed by atoms with E-state index in [0.29, 0.717) is 0 Å². The molecule has 9 unspecified atom stereocenters. The maximum absolute atomic E-state index is 12.9. The van der Waals surface area contributed by atoms with Crippen molar-refractivity contribution in [2.45, 2.75) is 152 Å². The average Bonchev–Trinajstić information content (AvgIpc) is 3.62. The van der Waals surface area contributed by atoms with E-state index in [1.165, 1.54) is 0 Å². The summed E-state index contributed by atoms with van der Waals surface area (Å²) in [7, 11) is 0. The summed E-state index contributed by atoms with van der Waals surface area (Å²) in [6.07, 6.45) is -24.8. The topological polar surface area (TPSA) is 526 Å². The van der Waals surface area contributed by atoms with Gasteiger partial charge in [0.15, 0.2) is 43.3 Å². The quantitative estimate of drug-likeness (QED) is 0.0325. The molecule has 72 heavy (non-hydrogen) atoms. The molecule has 0 radical (unpaired) electrons. The Labute approximate surface area is 404 Å². The van der Waals surface area contributed by atoms with Crippen LogP contribution in [0.4, 0.5) is 0 Å². The predicted octanol–water partition coefficient (Wildman–Crippen LogP) is 2.89. The molecule has 3 rings (SSSR count). The van der Waals surface area contributed by atoms with Crippen LogP contribution in [0.1, 0.15) is 48.0 Å². The van der Waals surface area contributed by atoms with Crippen LogP contribution in [0.3, 0.4) is 0 Å². The van der Waals surface area contributed by atoms with Gasteiger partial charge in [-0.05, 0) is 39.6 Å². The third kappa shape index (κ3) is 17.4. The Bertz CT molecular complexity index is 2250. The van der Waals surface area contributed by atoms with Gasteiger partial charge in [0.1, 0.15) is 49.3 Å². The summed E-state index contributed by atoms with van der Waals surface area (Å²) >= 11 is 0. The number of azide groups is 6. The fourth-order valence-electron chi connectivity index (χ4n) is 7.60. The Balaban J connectivity index is 2.26. The van der Waals surface area contributed by atoms with Gasteiger partial charge in [-0.2, -0.15) is 0 Å². The normalized spacial score (nSPS) is 29.5. The number of hydrogen-bond acceptors (Lipinski definition) is 25. The molecule has 0 aromatic heterocycles. The van der Waals surface area contributed by atoms with Crippen molar-refractivity contribution in [2.75, 3.05) is 32.8 Å². The molecule has 37 heteroatoms. The molecule has 2 saturated heterocycles. The van der Waals surface area contributed by atoms with Crippen LogP contribution in [0.25, 0.3) is 62.7 Å². The van der Waals surface area contributed by atoms with Crippen LogP contribution >= 0.6 is 0 Å². The van der Waals surface area contributed by atoms with Gasteiger partial charge >= 0.3 is 35.8 Å². The summed E-state index contributed by atoms with van der Waals surface area (Å²) in [4.78, 5) is 90.6. The van der Waals surface area contributed by atoms with Gasteiger partial charge in [0.05, 0.1) is 44.4 Å². The molecule has 37 nitrogen and oxygen atoms in total. The molecule has 1 aliphatic carbocycles. The first-order valence-corrected chi connectivity index (χ1v) is 21.0. The number of rotatable bonds is 26. The molecule has 0 spiro atoms. The Morgan fingerprint density at radius 2 is 1.08 bits per heavy atom. The summed E-state index contributed by atoms with van der Waals surface area (Å²) in [5.74, 6) is -5.71. The van der Waals surface area contributed by atoms with E-state index in [4.69, 9.17) is 62.4 Å². The number of esters is 6. The Hall–Kier alpha value is -7.60. The lowest BCUT2D eigenvalue weighted by molar-refractivity contribution is -0.288. The van der Waals surface area contributed by atoms with E-state index in [0.717, 1.165) is 41.5 Å². The lowest BCUT2D eigenvalue weighted by Crippen LogP contribution is -2.62. The van der Waals surface area contributed by atoms with E-state index >= 15 is 0 Å². The number of carbonyl (C=O) groups is 6. The molecule has 2 aliphatic heterocycles. The minimum absolute atomic E-state index is 0.464. The SMILES string of the molecule is CC(=O)OC[C@H](OC(C)=O)C(CN=[N+]=[N-])O[C@@H](CN=[N+]=[N-])O[C@@H]1C(N=[N+]=[N-])C[C@@H](N=[N+]=[N-])C(OC(C)=O)C1O[C@@H]1O[C@H](CO)C(O[C@H]2OC(CN=[N+]=[N-])[C@@H](OC(C)=O)C(OC(C)=O)C2N=[N+]=[N-])C1OC(C)=O. The van der Waals surface area contributed by atoms with Crippen molar-refractivity contribution in [2.24, 2.45) is 30.7 Å². The van der Waals surface area contributed by atoms with Crippen molar-refractivity contribution in [3.8, 4) is 0 Å². The highest BCUT2D eigenvalue weighted by atomic mass is 16.8. The summed E-state index contributed by atoms with van der Waals surface area (Å²) in [6, 6.07) is -4.74. The molecule has 3 fully saturated rings. The van der Waals surface area contributed by atoms with Gasteiger partial charge in [-0.3, -0.25) is 28.8 Å². The van der Waals surface area contributed by atoms with E-state index in [1.54, 1.807) is 0 Å². The van der Waals surface area contributed by atoms with Crippen molar-refractivity contribution in [3.63, 3.8) is 0 Å². The van der Waals surface area contributed by atoms with Crippen LogP contribution in [0, 0.1) is 0 Å². The van der Waals surface area contributed by atoms with E-state index in [-0.39, 0.29) is 0 Å². The van der Waals surface area contributed by atoms with E-state index in [9.17, 15) is 61.5 Å². The lowest BCUT2D eigenvalue weighted by Gasteiger charge is -2.45. The van der Waals surface area contributed by atoms with Gasteiger partial charge in [0.2, 0.25) is 0 Å². The zero-order valence-corrected chi connectivity index (χ0v) is 38.9. The molecule has 17 atom stereocenters. The smallest absolute Gasteiger partial charge is 0.303 e. The van der Waals surface area contributed by atoms with E-state index in [2.05, 4.69) is 60.2 Å². The molecule has 1 N–H and O–H groups in total. The van der Waals surface area contributed by atoms with E-state index in [1.807, 2.05) is 0 Å². The van der Waals surface area contributed by atoms with Gasteiger partial charge in [-0.1, -0.05) is 30.7 Å². The maximum Gasteiger partial charge on any atom is 0.303 e. The first-order chi connectivity index (χ1) is 34.4. The van der Waals surface area contributed by atoms with Crippen molar-refractivity contribution in [3.05, 3.63) is 62.7 Å². The number of aliphatic hydroxyl groups is 1. The minimum Gasteiger partial charge on any atom is -0.462 e. The van der Waals surface area contributed by atoms with E-state index < -0.39 is 179 Å². The highest BCUT2D eigenvalue weighted by Gasteiger charge is 2.58. The van der Waals surface area contributed by atoms with Crippen LogP contribution < -0.4 is 0 Å². The standard InChI is InChI=1S/C35H48N18O19/c1-13(55)61-12-24(62-14(2)56)21(8-42-48-36)67-25(10-44-50-38)70-28-20(46-52-40)7-19(45-51-39)27(63-15(3)57)32(28)72-35-33(66-18(6)60)30(23(11-54)69-35)71-34-26(47-53-41)31(65-17(5)59)29(64-16(4)58)22(68-34)9-43-49-37/h19-35,54H,7-12H2,1-6H3/t19-,20?,21?,22?,23-,24+,25-,26?,27?,28-,29-,30?,31?,32?,33?,34-,35+/m1/s1. The lowest BCUT2D eigenvalue weighted by atomic mass is 9.84.